The third-order valence-corrected chi connectivity index (χ3v) is 12.4. The zero-order valence-electron chi connectivity index (χ0n) is 32.3. The predicted molar refractivity (Wildman–Crippen MR) is 217 cm³/mol. The molecule has 272 valence electrons. The Morgan fingerprint density at radius 3 is 1.64 bits per heavy atom. The summed E-state index contributed by atoms with van der Waals surface area (Å²) in [5.41, 5.74) is 6.50. The first-order chi connectivity index (χ1) is 22.8. The van der Waals surface area contributed by atoms with Gasteiger partial charge in [0.1, 0.15) is 23.8 Å². The molecule has 0 heterocycles. The molecular formula is C45H60NiO3P+. The SMILES string of the molecule is C1=C\CCC[CH-]CC/1.COc1cccc(C)c1[PH+](c1cccc(-c2c(C(C)(C)C)cccc2C(C)(C)C)c1O)c1c(C)cccc1OC.[CH3+].[Ni]. The van der Waals surface area contributed by atoms with Crippen molar-refractivity contribution in [3.63, 3.8) is 0 Å². The Morgan fingerprint density at radius 1 is 0.660 bits per heavy atom. The summed E-state index contributed by atoms with van der Waals surface area (Å²) in [4.78, 5) is 0. The number of phenolic OH excluding ortho intramolecular Hbond substituents is 1. The van der Waals surface area contributed by atoms with E-state index < -0.39 is 7.92 Å². The number of allylic oxidation sites excluding steroid dienone is 2. The van der Waals surface area contributed by atoms with Gasteiger partial charge in [0.15, 0.2) is 17.2 Å². The quantitative estimate of drug-likeness (QED) is 0.0927. The Balaban J connectivity index is 0.000000763. The number of para-hydroxylation sites is 1. The molecule has 0 radical (unpaired) electrons. The van der Waals surface area contributed by atoms with Gasteiger partial charge in [-0.25, -0.2) is 0 Å². The molecule has 0 saturated carbocycles. The number of aromatic hydroxyl groups is 1. The van der Waals surface area contributed by atoms with Crippen LogP contribution in [0.4, 0.5) is 0 Å². The molecular weight excluding hydrogens is 678 g/mol. The van der Waals surface area contributed by atoms with E-state index in [0.29, 0.717) is 5.75 Å². The zero-order valence-corrected chi connectivity index (χ0v) is 34.3. The second kappa shape index (κ2) is 18.9. The number of rotatable bonds is 6. The van der Waals surface area contributed by atoms with E-state index in [0.717, 1.165) is 49.7 Å². The smallest absolute Gasteiger partial charge is 0.166 e. The molecule has 0 saturated heterocycles. The molecule has 4 aromatic rings. The van der Waals surface area contributed by atoms with Gasteiger partial charge in [-0.15, -0.1) is 0 Å². The van der Waals surface area contributed by atoms with E-state index in [1.165, 1.54) is 43.2 Å². The van der Waals surface area contributed by atoms with Gasteiger partial charge in [0.05, 0.1) is 14.2 Å². The van der Waals surface area contributed by atoms with E-state index in [1.807, 2.05) is 24.3 Å². The van der Waals surface area contributed by atoms with Crippen LogP contribution in [0.3, 0.4) is 0 Å². The van der Waals surface area contributed by atoms with Crippen molar-refractivity contribution in [2.45, 2.75) is 98.3 Å². The Labute approximate surface area is 315 Å². The maximum absolute atomic E-state index is 12.4. The third kappa shape index (κ3) is 9.99. The molecule has 0 aliphatic heterocycles. The van der Waals surface area contributed by atoms with E-state index >= 15 is 0 Å². The van der Waals surface area contributed by atoms with Crippen LogP contribution >= 0.6 is 7.92 Å². The molecule has 50 heavy (non-hydrogen) atoms. The van der Waals surface area contributed by atoms with Crippen LogP contribution in [0.15, 0.2) is 84.9 Å². The summed E-state index contributed by atoms with van der Waals surface area (Å²) in [5, 5.41) is 15.5. The molecule has 0 amide bonds. The second-order valence-corrected chi connectivity index (χ2v) is 17.2. The number of phenols is 1. The Hall–Kier alpha value is -3.19. The van der Waals surface area contributed by atoms with Crippen molar-refractivity contribution in [2.75, 3.05) is 14.2 Å². The van der Waals surface area contributed by atoms with E-state index in [-0.39, 0.29) is 34.7 Å². The van der Waals surface area contributed by atoms with Gasteiger partial charge in [-0.3, -0.25) is 0 Å². The minimum Gasteiger partial charge on any atom is -0.504 e. The molecule has 0 aromatic heterocycles. The Bertz CT molecular complexity index is 1620. The summed E-state index contributed by atoms with van der Waals surface area (Å²) in [6, 6.07) is 25.2. The minimum atomic E-state index is -1.78. The molecule has 0 atom stereocenters. The fraction of sp³-hybridized carbons (Fsp3) is 0.378. The number of methoxy groups -OCH3 is 2. The van der Waals surface area contributed by atoms with Crippen LogP contribution in [0.25, 0.3) is 11.1 Å². The first-order valence-corrected chi connectivity index (χ1v) is 18.9. The van der Waals surface area contributed by atoms with Gasteiger partial charge in [-0.2, -0.15) is 12.8 Å². The van der Waals surface area contributed by atoms with Gasteiger partial charge in [0, 0.05) is 29.5 Å². The number of aryl methyl sites for hydroxylation is 2. The molecule has 4 aromatic carbocycles. The van der Waals surface area contributed by atoms with Crippen molar-refractivity contribution < 1.29 is 31.1 Å². The van der Waals surface area contributed by atoms with Crippen molar-refractivity contribution in [3.8, 4) is 28.4 Å². The van der Waals surface area contributed by atoms with Gasteiger partial charge < -0.3 is 21.0 Å². The van der Waals surface area contributed by atoms with Crippen molar-refractivity contribution in [3.05, 3.63) is 121 Å². The number of ether oxygens (including phenoxy) is 2. The molecule has 0 bridgehead atoms. The predicted octanol–water partition coefficient (Wildman–Crippen LogP) is 10.9. The van der Waals surface area contributed by atoms with Crippen LogP contribution in [0.1, 0.15) is 95.9 Å². The van der Waals surface area contributed by atoms with E-state index in [9.17, 15) is 5.11 Å². The average Bonchev–Trinajstić information content (AvgIpc) is 3.02. The monoisotopic (exact) mass is 737 g/mol. The Morgan fingerprint density at radius 2 is 1.14 bits per heavy atom. The van der Waals surface area contributed by atoms with Crippen LogP contribution in [0.2, 0.25) is 0 Å². The number of hydrogen-bond acceptors (Lipinski definition) is 3. The van der Waals surface area contributed by atoms with Gasteiger partial charge in [0.25, 0.3) is 0 Å². The zero-order chi connectivity index (χ0) is 35.1. The van der Waals surface area contributed by atoms with Gasteiger partial charge in [0.2, 0.25) is 0 Å². The molecule has 5 rings (SSSR count). The number of benzene rings is 4. The standard InChI is InChI=1S/C36H43O3P.C8H13.CH3.Ni/c1-23-15-11-20-28(38-9)33(23)40(34-24(2)16-12-21-29(34)39-10)30-22-13-17-25(32(30)37)31-26(35(3,4)5)18-14-19-27(31)36(6,7)8;1-2-4-6-8-7-5-3-1;;/h11-22,37H,1-10H3;1-2,7H,3-6,8H2;1H3;/q;-1;+1;/p+1/b;2-1-;;. The molecule has 0 fully saturated rings. The first-order valence-electron chi connectivity index (χ1n) is 17.4. The number of hydrogen-bond donors (Lipinski definition) is 1. The summed E-state index contributed by atoms with van der Waals surface area (Å²) >= 11 is 0. The van der Waals surface area contributed by atoms with Crippen molar-refractivity contribution >= 4 is 23.8 Å². The largest absolute Gasteiger partial charge is 0.504 e. The molecule has 0 unspecified atom stereocenters. The van der Waals surface area contributed by atoms with Crippen LogP contribution < -0.4 is 25.4 Å². The van der Waals surface area contributed by atoms with Gasteiger partial charge >= 0.3 is 0 Å². The summed E-state index contributed by atoms with van der Waals surface area (Å²) in [6.45, 7) is 17.7. The summed E-state index contributed by atoms with van der Waals surface area (Å²) < 4.78 is 11.9. The molecule has 1 N–H and O–H groups in total. The normalized spacial score (nSPS) is 13.8. The maximum Gasteiger partial charge on any atom is 0.166 e. The van der Waals surface area contributed by atoms with Crippen LogP contribution in [0, 0.1) is 27.7 Å². The molecule has 3 nitrogen and oxygen atoms in total. The van der Waals surface area contributed by atoms with Crippen molar-refractivity contribution in [2.24, 2.45) is 0 Å². The summed E-state index contributed by atoms with van der Waals surface area (Å²) in [7, 11) is 1.67. The van der Waals surface area contributed by atoms with E-state index in [1.54, 1.807) is 14.2 Å². The third-order valence-electron chi connectivity index (χ3n) is 9.15. The van der Waals surface area contributed by atoms with Crippen LogP contribution in [-0.4, -0.2) is 19.3 Å². The fourth-order valence-electron chi connectivity index (χ4n) is 6.67. The Kier molecular flexibility index (Phi) is 16.2. The average molecular weight is 739 g/mol. The van der Waals surface area contributed by atoms with Crippen LogP contribution in [0.5, 0.6) is 17.2 Å². The minimum absolute atomic E-state index is 0. The second-order valence-electron chi connectivity index (χ2n) is 14.9. The van der Waals surface area contributed by atoms with E-state index in [2.05, 4.69) is 122 Å². The van der Waals surface area contributed by atoms with E-state index in [4.69, 9.17) is 9.47 Å². The first kappa shape index (κ1) is 43.0. The molecule has 5 heteroatoms. The summed E-state index contributed by atoms with van der Waals surface area (Å²) in [6.07, 6.45) is 13.5. The van der Waals surface area contributed by atoms with Crippen LogP contribution in [-0.2, 0) is 27.3 Å². The molecule has 0 spiro atoms. The maximum atomic E-state index is 12.4. The summed E-state index contributed by atoms with van der Waals surface area (Å²) in [5.74, 6) is 1.98. The fourth-order valence-corrected chi connectivity index (χ4v) is 9.91. The van der Waals surface area contributed by atoms with Gasteiger partial charge in [-0.1, -0.05) is 121 Å². The van der Waals surface area contributed by atoms with Crippen molar-refractivity contribution in [1.29, 1.82) is 0 Å². The topological polar surface area (TPSA) is 38.7 Å². The molecule has 1 aliphatic rings. The van der Waals surface area contributed by atoms with Crippen molar-refractivity contribution in [1.82, 2.24) is 0 Å². The molecule has 1 aliphatic carbocycles. The van der Waals surface area contributed by atoms with Gasteiger partial charge in [-0.05, 0) is 77.1 Å².